The third-order valence-electron chi connectivity index (χ3n) is 3.54. The summed E-state index contributed by atoms with van der Waals surface area (Å²) in [6.45, 7) is 0. The average molecular weight is 271 g/mol. The molecule has 3 nitrogen and oxygen atoms in total. The Labute approximate surface area is 110 Å². The van der Waals surface area contributed by atoms with Gasteiger partial charge in [-0.1, -0.05) is 12.2 Å². The van der Waals surface area contributed by atoms with Crippen molar-refractivity contribution in [2.24, 2.45) is 16.8 Å². The number of ether oxygens (including phenoxy) is 1. The number of nitrogens with zero attached hydrogens (tertiary/aromatic N) is 1. The van der Waals surface area contributed by atoms with Crippen molar-refractivity contribution < 1.29 is 9.53 Å². The number of fused-ring (bicyclic) bond motifs is 2. The van der Waals surface area contributed by atoms with E-state index < -0.39 is 5.54 Å². The summed E-state index contributed by atoms with van der Waals surface area (Å²) in [5.41, 5.74) is -0.657. The second kappa shape index (κ2) is 5.06. The molecule has 0 aromatic carbocycles. The molecule has 2 rings (SSSR count). The lowest BCUT2D eigenvalue weighted by atomic mass is 9.85. The Kier molecular flexibility index (Phi) is 3.88. The highest BCUT2D eigenvalue weighted by molar-refractivity contribution is 8.38. The second-order valence-corrected chi connectivity index (χ2v) is 6.24. The molecule has 0 amide bonds. The summed E-state index contributed by atoms with van der Waals surface area (Å²) in [4.78, 5) is 16.8. The second-order valence-electron chi connectivity index (χ2n) is 4.39. The van der Waals surface area contributed by atoms with Gasteiger partial charge in [0.15, 0.2) is 5.54 Å². The van der Waals surface area contributed by atoms with Crippen LogP contribution >= 0.6 is 23.5 Å². The van der Waals surface area contributed by atoms with Crippen molar-refractivity contribution in [3.05, 3.63) is 12.2 Å². The molecule has 0 spiro atoms. The van der Waals surface area contributed by atoms with Gasteiger partial charge >= 0.3 is 5.97 Å². The lowest BCUT2D eigenvalue weighted by Gasteiger charge is -2.29. The normalized spacial score (nSPS) is 33.8. The van der Waals surface area contributed by atoms with Crippen molar-refractivity contribution in [2.45, 2.75) is 18.4 Å². The first-order chi connectivity index (χ1) is 8.16. The molecule has 17 heavy (non-hydrogen) atoms. The van der Waals surface area contributed by atoms with E-state index in [1.54, 1.807) is 23.5 Å². The van der Waals surface area contributed by atoms with Gasteiger partial charge in [0.05, 0.1) is 7.11 Å². The van der Waals surface area contributed by atoms with Crippen LogP contribution in [-0.4, -0.2) is 35.5 Å². The highest BCUT2D eigenvalue weighted by Crippen LogP contribution is 2.49. The molecule has 0 aromatic rings. The number of allylic oxidation sites excluding steroid dienone is 1. The third kappa shape index (κ3) is 2.15. The van der Waals surface area contributed by atoms with Crippen LogP contribution in [0.1, 0.15) is 12.8 Å². The molecule has 94 valence electrons. The number of rotatable bonds is 2. The molecule has 0 aliphatic heterocycles. The number of carbonyl (C=O) groups is 1. The van der Waals surface area contributed by atoms with Gasteiger partial charge in [0, 0.05) is 5.92 Å². The van der Waals surface area contributed by atoms with Crippen molar-refractivity contribution in [3.63, 3.8) is 0 Å². The smallest absolute Gasteiger partial charge is 0.334 e. The summed E-state index contributed by atoms with van der Waals surface area (Å²) in [6, 6.07) is 0. The molecule has 2 bridgehead atoms. The van der Waals surface area contributed by atoms with E-state index in [9.17, 15) is 4.79 Å². The molecule has 3 atom stereocenters. The fourth-order valence-corrected chi connectivity index (χ4v) is 3.93. The van der Waals surface area contributed by atoms with E-state index >= 15 is 0 Å². The molecule has 1 saturated carbocycles. The van der Waals surface area contributed by atoms with Gasteiger partial charge in [-0.3, -0.25) is 4.99 Å². The van der Waals surface area contributed by atoms with Crippen molar-refractivity contribution in [2.75, 3.05) is 19.6 Å². The van der Waals surface area contributed by atoms with Crippen LogP contribution in [0, 0.1) is 11.8 Å². The lowest BCUT2D eigenvalue weighted by molar-refractivity contribution is -0.147. The third-order valence-corrected chi connectivity index (χ3v) is 5.42. The highest BCUT2D eigenvalue weighted by atomic mass is 32.2. The van der Waals surface area contributed by atoms with Crippen LogP contribution < -0.4 is 0 Å². The van der Waals surface area contributed by atoms with Gasteiger partial charge in [0.1, 0.15) is 4.38 Å². The molecule has 0 heterocycles. The van der Waals surface area contributed by atoms with E-state index in [1.807, 2.05) is 12.5 Å². The van der Waals surface area contributed by atoms with Crippen molar-refractivity contribution >= 4 is 33.9 Å². The van der Waals surface area contributed by atoms with Crippen LogP contribution in [0.3, 0.4) is 0 Å². The van der Waals surface area contributed by atoms with E-state index in [0.717, 1.165) is 17.2 Å². The molecule has 0 saturated heterocycles. The maximum Gasteiger partial charge on any atom is 0.334 e. The quantitative estimate of drug-likeness (QED) is 0.335. The number of aliphatic imine (C=N–C) groups is 1. The van der Waals surface area contributed by atoms with E-state index in [-0.39, 0.29) is 11.9 Å². The summed E-state index contributed by atoms with van der Waals surface area (Å²) >= 11 is 3.18. The summed E-state index contributed by atoms with van der Waals surface area (Å²) < 4.78 is 5.94. The van der Waals surface area contributed by atoms with Gasteiger partial charge in [0.25, 0.3) is 0 Å². The Morgan fingerprint density at radius 2 is 2.12 bits per heavy atom. The van der Waals surface area contributed by atoms with Gasteiger partial charge in [-0.15, -0.1) is 23.5 Å². The summed E-state index contributed by atoms with van der Waals surface area (Å²) in [6.07, 6.45) is 10.2. The molecule has 5 heteroatoms. The number of carbonyl (C=O) groups excluding carboxylic acids is 1. The Hall–Kier alpha value is -0.420. The molecule has 2 aliphatic rings. The maximum absolute atomic E-state index is 12.1. The predicted molar refractivity (Wildman–Crippen MR) is 74.6 cm³/mol. The zero-order valence-electron chi connectivity index (χ0n) is 10.3. The minimum atomic E-state index is -0.657. The largest absolute Gasteiger partial charge is 0.467 e. The lowest BCUT2D eigenvalue weighted by Crippen LogP contribution is -2.42. The maximum atomic E-state index is 12.1. The molecule has 0 N–H and O–H groups in total. The van der Waals surface area contributed by atoms with Gasteiger partial charge in [-0.2, -0.15) is 0 Å². The number of hydrogen-bond acceptors (Lipinski definition) is 5. The van der Waals surface area contributed by atoms with E-state index in [1.165, 1.54) is 7.11 Å². The van der Waals surface area contributed by atoms with E-state index in [2.05, 4.69) is 12.2 Å². The molecule has 0 radical (unpaired) electrons. The van der Waals surface area contributed by atoms with Crippen LogP contribution in [0.2, 0.25) is 0 Å². The van der Waals surface area contributed by atoms with Crippen LogP contribution in [0.25, 0.3) is 0 Å². The van der Waals surface area contributed by atoms with Crippen molar-refractivity contribution in [1.29, 1.82) is 0 Å². The average Bonchev–Trinajstić information content (AvgIpc) is 2.95. The highest BCUT2D eigenvalue weighted by Gasteiger charge is 2.54. The predicted octanol–water partition coefficient (Wildman–Crippen LogP) is 2.58. The summed E-state index contributed by atoms with van der Waals surface area (Å²) in [5.74, 6) is 0.525. The van der Waals surface area contributed by atoms with Crippen LogP contribution in [0.4, 0.5) is 0 Å². The molecular weight excluding hydrogens is 254 g/mol. The summed E-state index contributed by atoms with van der Waals surface area (Å²) in [7, 11) is 1.45. The van der Waals surface area contributed by atoms with Crippen molar-refractivity contribution in [1.82, 2.24) is 0 Å². The fraction of sp³-hybridized carbons (Fsp3) is 0.667. The fourth-order valence-electron chi connectivity index (χ4n) is 2.75. The molecule has 1 fully saturated rings. The Balaban J connectivity index is 2.36. The van der Waals surface area contributed by atoms with Crippen LogP contribution in [-0.2, 0) is 9.53 Å². The Morgan fingerprint density at radius 1 is 1.41 bits per heavy atom. The number of methoxy groups -OCH3 is 1. The Morgan fingerprint density at radius 3 is 2.53 bits per heavy atom. The topological polar surface area (TPSA) is 38.7 Å². The monoisotopic (exact) mass is 271 g/mol. The zero-order valence-corrected chi connectivity index (χ0v) is 11.9. The summed E-state index contributed by atoms with van der Waals surface area (Å²) in [5, 5.41) is 0. The molecule has 0 aromatic heterocycles. The van der Waals surface area contributed by atoms with Gasteiger partial charge in [-0.05, 0) is 31.3 Å². The van der Waals surface area contributed by atoms with Crippen LogP contribution in [0.15, 0.2) is 17.1 Å². The SMILES string of the molecule is COC(=O)[C@]1(N=C(SC)SC)C[C@H]2C=C[C@@H]1C2. The molecular formula is C12H17NO2S2. The van der Waals surface area contributed by atoms with Gasteiger partial charge in [0.2, 0.25) is 0 Å². The first-order valence-corrected chi connectivity index (χ1v) is 8.05. The van der Waals surface area contributed by atoms with Gasteiger partial charge < -0.3 is 4.74 Å². The van der Waals surface area contributed by atoms with Crippen molar-refractivity contribution in [3.8, 4) is 0 Å². The van der Waals surface area contributed by atoms with E-state index in [0.29, 0.717) is 5.92 Å². The van der Waals surface area contributed by atoms with Gasteiger partial charge in [-0.25, -0.2) is 4.79 Å². The van der Waals surface area contributed by atoms with Crippen LogP contribution in [0.5, 0.6) is 0 Å². The van der Waals surface area contributed by atoms with E-state index in [4.69, 9.17) is 9.73 Å². The molecule has 2 aliphatic carbocycles. The number of hydrogen-bond donors (Lipinski definition) is 0. The standard InChI is InChI=1S/C12H17NO2S2/c1-15-10(14)12(13-11(16-2)17-3)7-8-4-5-9(12)6-8/h4-5,8-9H,6-7H2,1-3H3/t8-,9+,12-/m0/s1. The Bertz CT molecular complexity index is 375. The minimum absolute atomic E-state index is 0.185. The first kappa shape index (κ1) is 13.0. The zero-order chi connectivity index (χ0) is 12.5. The number of esters is 1. The molecule has 0 unspecified atom stereocenters. The first-order valence-electron chi connectivity index (χ1n) is 5.61. The number of thioether (sulfide) groups is 2. The minimum Gasteiger partial charge on any atom is -0.467 e.